The second-order valence-corrected chi connectivity index (χ2v) is 10.1. The van der Waals surface area contributed by atoms with Crippen molar-refractivity contribution in [2.45, 2.75) is 51.9 Å². The van der Waals surface area contributed by atoms with E-state index in [1.807, 2.05) is 20.8 Å². The Hall–Kier alpha value is -2.78. The van der Waals surface area contributed by atoms with Crippen LogP contribution in [0.2, 0.25) is 0 Å². The first kappa shape index (κ1) is 22.4. The number of carbonyl (C=O) groups is 2. The van der Waals surface area contributed by atoms with E-state index in [1.165, 1.54) is 12.4 Å². The summed E-state index contributed by atoms with van der Waals surface area (Å²) in [6, 6.07) is 2.03. The SMILES string of the molecule is CC(C)(C)OC(=O)N1CC2C(C1)C2C(=O)NC(C)(C)c1ncc2cc(C(F)(F)F)ccn12. The standard InChI is InChI=1S/C22H27F3N4O3/c1-20(2,3)32-19(31)28-10-14-15(11-28)16(14)17(30)27-21(4,5)18-26-9-13-8-12(22(23,24)25)6-7-29(13)18/h6-9,14-16H,10-11H2,1-5H3,(H,27,30). The highest BCUT2D eigenvalue weighted by Gasteiger charge is 2.61. The summed E-state index contributed by atoms with van der Waals surface area (Å²) in [7, 11) is 0. The van der Waals surface area contributed by atoms with Gasteiger partial charge in [-0.1, -0.05) is 0 Å². The second-order valence-electron chi connectivity index (χ2n) is 10.1. The van der Waals surface area contributed by atoms with Gasteiger partial charge >= 0.3 is 12.3 Å². The Morgan fingerprint density at radius 1 is 1.12 bits per heavy atom. The third kappa shape index (κ3) is 4.14. The molecule has 0 bridgehead atoms. The first-order valence-corrected chi connectivity index (χ1v) is 10.5. The van der Waals surface area contributed by atoms with Gasteiger partial charge in [0.1, 0.15) is 11.4 Å². The van der Waals surface area contributed by atoms with Gasteiger partial charge in [0.25, 0.3) is 0 Å². The van der Waals surface area contributed by atoms with Gasteiger partial charge in [-0.05, 0) is 58.6 Å². The van der Waals surface area contributed by atoms with Crippen LogP contribution in [0.3, 0.4) is 0 Å². The molecule has 4 rings (SSSR count). The van der Waals surface area contributed by atoms with Crippen LogP contribution in [0.5, 0.6) is 0 Å². The molecule has 2 atom stereocenters. The van der Waals surface area contributed by atoms with E-state index in [4.69, 9.17) is 4.74 Å². The average molecular weight is 452 g/mol. The summed E-state index contributed by atoms with van der Waals surface area (Å²) in [6.45, 7) is 9.91. The largest absolute Gasteiger partial charge is 0.444 e. The zero-order chi connectivity index (χ0) is 23.6. The number of halogens is 3. The van der Waals surface area contributed by atoms with Crippen molar-refractivity contribution in [2.24, 2.45) is 17.8 Å². The van der Waals surface area contributed by atoms with Gasteiger partial charge in [-0.15, -0.1) is 0 Å². The number of hydrogen-bond donors (Lipinski definition) is 1. The minimum absolute atomic E-state index is 0.0877. The first-order chi connectivity index (χ1) is 14.7. The molecule has 1 N–H and O–H groups in total. The highest BCUT2D eigenvalue weighted by molar-refractivity contribution is 5.84. The van der Waals surface area contributed by atoms with Crippen LogP contribution in [0.25, 0.3) is 5.52 Å². The molecule has 174 valence electrons. The number of likely N-dealkylation sites (tertiary alicyclic amines) is 1. The van der Waals surface area contributed by atoms with Crippen LogP contribution in [0.15, 0.2) is 24.5 Å². The molecule has 2 aliphatic rings. The summed E-state index contributed by atoms with van der Waals surface area (Å²) in [4.78, 5) is 31.1. The van der Waals surface area contributed by atoms with Crippen LogP contribution in [-0.4, -0.2) is 45.0 Å². The zero-order valence-corrected chi connectivity index (χ0v) is 18.7. The quantitative estimate of drug-likeness (QED) is 0.768. The van der Waals surface area contributed by atoms with Crippen LogP contribution < -0.4 is 5.32 Å². The van der Waals surface area contributed by atoms with Crippen LogP contribution >= 0.6 is 0 Å². The number of hydrogen-bond acceptors (Lipinski definition) is 4. The Bertz CT molecular complexity index is 1060. The number of piperidine rings is 1. The van der Waals surface area contributed by atoms with E-state index in [2.05, 4.69) is 10.3 Å². The van der Waals surface area contributed by atoms with Crippen molar-refractivity contribution in [3.05, 3.63) is 35.9 Å². The van der Waals surface area contributed by atoms with Gasteiger partial charge < -0.3 is 19.4 Å². The number of pyridine rings is 1. The van der Waals surface area contributed by atoms with Crippen molar-refractivity contribution in [1.29, 1.82) is 0 Å². The molecule has 2 unspecified atom stereocenters. The Morgan fingerprint density at radius 3 is 2.31 bits per heavy atom. The molecule has 7 nitrogen and oxygen atoms in total. The van der Waals surface area contributed by atoms with Crippen molar-refractivity contribution in [3.63, 3.8) is 0 Å². The van der Waals surface area contributed by atoms with Gasteiger partial charge in [-0.2, -0.15) is 13.2 Å². The molecule has 2 fully saturated rings. The van der Waals surface area contributed by atoms with Crippen molar-refractivity contribution >= 4 is 17.5 Å². The molecule has 32 heavy (non-hydrogen) atoms. The molecule has 1 saturated carbocycles. The average Bonchev–Trinajstić information content (AvgIpc) is 3.00. The lowest BCUT2D eigenvalue weighted by Gasteiger charge is -2.27. The predicted octanol–water partition coefficient (Wildman–Crippen LogP) is 3.82. The summed E-state index contributed by atoms with van der Waals surface area (Å²) in [5, 5.41) is 2.99. The number of ether oxygens (including phenoxy) is 1. The molecular weight excluding hydrogens is 425 g/mol. The highest BCUT2D eigenvalue weighted by atomic mass is 19.4. The Labute approximate surface area is 183 Å². The molecule has 2 aromatic rings. The number of amides is 2. The topological polar surface area (TPSA) is 75.9 Å². The molecule has 10 heteroatoms. The Balaban J connectivity index is 1.41. The molecule has 0 radical (unpaired) electrons. The lowest BCUT2D eigenvalue weighted by atomic mass is 10.0. The van der Waals surface area contributed by atoms with Crippen LogP contribution in [-0.2, 0) is 21.2 Å². The summed E-state index contributed by atoms with van der Waals surface area (Å²) >= 11 is 0. The predicted molar refractivity (Wildman–Crippen MR) is 110 cm³/mol. The van der Waals surface area contributed by atoms with E-state index < -0.39 is 22.9 Å². The second kappa shape index (κ2) is 7.11. The van der Waals surface area contributed by atoms with E-state index in [0.717, 1.165) is 12.1 Å². The van der Waals surface area contributed by atoms with E-state index in [0.29, 0.717) is 24.4 Å². The van der Waals surface area contributed by atoms with E-state index in [1.54, 1.807) is 23.1 Å². The summed E-state index contributed by atoms with van der Waals surface area (Å²) in [5.41, 5.74) is -1.92. The number of nitrogens with zero attached hydrogens (tertiary/aromatic N) is 3. The molecule has 2 amide bonds. The van der Waals surface area contributed by atoms with Gasteiger partial charge in [0, 0.05) is 25.2 Å². The third-order valence-electron chi connectivity index (χ3n) is 6.00. The van der Waals surface area contributed by atoms with Gasteiger partial charge in [0.05, 0.1) is 22.8 Å². The number of rotatable bonds is 3. The fourth-order valence-corrected chi connectivity index (χ4v) is 4.48. The molecular formula is C22H27F3N4O3. The number of carbonyl (C=O) groups excluding carboxylic acids is 2. The maximum Gasteiger partial charge on any atom is 0.416 e. The molecule has 1 saturated heterocycles. The molecule has 1 aliphatic carbocycles. The number of fused-ring (bicyclic) bond motifs is 2. The lowest BCUT2D eigenvalue weighted by Crippen LogP contribution is -2.45. The number of aromatic nitrogens is 2. The highest BCUT2D eigenvalue weighted by Crippen LogP contribution is 2.52. The lowest BCUT2D eigenvalue weighted by molar-refractivity contribution is -0.137. The zero-order valence-electron chi connectivity index (χ0n) is 18.7. The monoisotopic (exact) mass is 452 g/mol. The van der Waals surface area contributed by atoms with Gasteiger partial charge in [0.15, 0.2) is 0 Å². The first-order valence-electron chi connectivity index (χ1n) is 10.5. The van der Waals surface area contributed by atoms with E-state index >= 15 is 0 Å². The van der Waals surface area contributed by atoms with Crippen LogP contribution in [0, 0.1) is 17.8 Å². The maximum absolute atomic E-state index is 13.0. The van der Waals surface area contributed by atoms with Crippen molar-refractivity contribution in [3.8, 4) is 0 Å². The third-order valence-corrected chi connectivity index (χ3v) is 6.00. The minimum atomic E-state index is -4.44. The van der Waals surface area contributed by atoms with Gasteiger partial charge in [0.2, 0.25) is 5.91 Å². The molecule has 3 heterocycles. The van der Waals surface area contributed by atoms with Crippen LogP contribution in [0.1, 0.15) is 46.0 Å². The molecule has 2 aromatic heterocycles. The van der Waals surface area contributed by atoms with Gasteiger partial charge in [-0.3, -0.25) is 4.79 Å². The van der Waals surface area contributed by atoms with E-state index in [-0.39, 0.29) is 29.8 Å². The Kier molecular flexibility index (Phi) is 4.98. The normalized spacial score (nSPS) is 23.2. The smallest absolute Gasteiger partial charge is 0.416 e. The van der Waals surface area contributed by atoms with Crippen molar-refractivity contribution in [1.82, 2.24) is 19.6 Å². The van der Waals surface area contributed by atoms with Gasteiger partial charge in [-0.25, -0.2) is 9.78 Å². The maximum atomic E-state index is 13.0. The van der Waals surface area contributed by atoms with Crippen molar-refractivity contribution < 1.29 is 27.5 Å². The number of alkyl halides is 3. The van der Waals surface area contributed by atoms with Crippen LogP contribution in [0.4, 0.5) is 18.0 Å². The molecule has 1 aliphatic heterocycles. The van der Waals surface area contributed by atoms with E-state index in [9.17, 15) is 22.8 Å². The Morgan fingerprint density at radius 2 is 1.75 bits per heavy atom. The summed E-state index contributed by atoms with van der Waals surface area (Å²) in [6.07, 6.45) is -2.12. The number of imidazole rings is 1. The fourth-order valence-electron chi connectivity index (χ4n) is 4.48. The number of nitrogens with one attached hydrogen (secondary N) is 1. The van der Waals surface area contributed by atoms with Crippen molar-refractivity contribution in [2.75, 3.05) is 13.1 Å². The molecule has 0 aromatic carbocycles. The minimum Gasteiger partial charge on any atom is -0.444 e. The summed E-state index contributed by atoms with van der Waals surface area (Å²) in [5.74, 6) is 0.277. The molecule has 0 spiro atoms. The fraction of sp³-hybridized carbons (Fsp3) is 0.591. The summed E-state index contributed by atoms with van der Waals surface area (Å²) < 4.78 is 45.9.